The van der Waals surface area contributed by atoms with Crippen molar-refractivity contribution in [2.24, 2.45) is 11.8 Å². The summed E-state index contributed by atoms with van der Waals surface area (Å²) >= 11 is 0. The summed E-state index contributed by atoms with van der Waals surface area (Å²) < 4.78 is 18.0. The molecule has 1 amide bonds. The summed E-state index contributed by atoms with van der Waals surface area (Å²) in [6, 6.07) is 5.60. The number of likely N-dealkylation sites (tertiary alicyclic amines) is 1. The normalized spacial score (nSPS) is 21.2. The number of carbonyl (C=O) groups is 1. The van der Waals surface area contributed by atoms with E-state index >= 15 is 0 Å². The summed E-state index contributed by atoms with van der Waals surface area (Å²) in [6.45, 7) is 3.49. The summed E-state index contributed by atoms with van der Waals surface area (Å²) in [5.41, 5.74) is 0.483. The third-order valence-electron chi connectivity index (χ3n) is 4.41. The number of carbonyl (C=O) groups excluding carboxylic acids is 1. The van der Waals surface area contributed by atoms with E-state index in [0.29, 0.717) is 25.3 Å². The number of aliphatic hydroxyl groups is 1. The molecule has 0 spiro atoms. The van der Waals surface area contributed by atoms with Crippen LogP contribution < -0.4 is 0 Å². The maximum atomic E-state index is 13.0. The summed E-state index contributed by atoms with van der Waals surface area (Å²) in [7, 11) is 3.68. The molecule has 0 saturated carbocycles. The van der Waals surface area contributed by atoms with Crippen LogP contribution in [0.3, 0.4) is 0 Å². The average molecular weight is 324 g/mol. The number of rotatable bonds is 7. The highest BCUT2D eigenvalue weighted by Crippen LogP contribution is 2.25. The first kappa shape index (κ1) is 17.8. The molecule has 1 aliphatic rings. The molecule has 2 rings (SSSR count). The average Bonchev–Trinajstić information content (AvgIpc) is 2.95. The first-order valence-corrected chi connectivity index (χ1v) is 7.88. The Kier molecular flexibility index (Phi) is 6.50. The minimum Gasteiger partial charge on any atom is -0.396 e. The summed E-state index contributed by atoms with van der Waals surface area (Å²) in [5, 5.41) is 9.60. The Morgan fingerprint density at radius 2 is 2.00 bits per heavy atom. The summed E-state index contributed by atoms with van der Waals surface area (Å²) in [5.74, 6) is -0.157. The van der Waals surface area contributed by atoms with Gasteiger partial charge < -0.3 is 19.6 Å². The van der Waals surface area contributed by atoms with Crippen molar-refractivity contribution in [2.45, 2.75) is 0 Å². The molecular weight excluding hydrogens is 299 g/mol. The van der Waals surface area contributed by atoms with Gasteiger partial charge in [-0.15, -0.1) is 0 Å². The highest BCUT2D eigenvalue weighted by atomic mass is 19.1. The Balaban J connectivity index is 1.97. The number of amides is 1. The van der Waals surface area contributed by atoms with Crippen LogP contribution in [0.1, 0.15) is 10.4 Å². The quantitative estimate of drug-likeness (QED) is 0.816. The lowest BCUT2D eigenvalue weighted by atomic mass is 9.96. The minimum absolute atomic E-state index is 0.0655. The molecule has 2 atom stereocenters. The number of aliphatic hydroxyl groups excluding tert-OH is 1. The van der Waals surface area contributed by atoms with E-state index in [1.54, 1.807) is 12.0 Å². The van der Waals surface area contributed by atoms with Gasteiger partial charge in [0.15, 0.2) is 0 Å². The number of likely N-dealkylation sites (N-methyl/N-ethyl adjacent to an activating group) is 1. The van der Waals surface area contributed by atoms with Crippen molar-refractivity contribution in [1.29, 1.82) is 0 Å². The standard InChI is InChI=1S/C17H25FN2O3/c1-19(7-8-23-2)9-14-10-20(11-15(14)12-21)17(22)13-3-5-16(18)6-4-13/h3-6,14-15,21H,7-12H2,1-2H3/t14-,15-/m1/s1. The molecule has 1 heterocycles. The van der Waals surface area contributed by atoms with Crippen LogP contribution in [0.25, 0.3) is 0 Å². The topological polar surface area (TPSA) is 53.0 Å². The number of nitrogens with zero attached hydrogens (tertiary/aromatic N) is 2. The van der Waals surface area contributed by atoms with Crippen LogP contribution in [0.15, 0.2) is 24.3 Å². The second-order valence-electron chi connectivity index (χ2n) is 6.17. The second-order valence-corrected chi connectivity index (χ2v) is 6.17. The third-order valence-corrected chi connectivity index (χ3v) is 4.41. The van der Waals surface area contributed by atoms with Crippen LogP contribution in [0, 0.1) is 17.7 Å². The van der Waals surface area contributed by atoms with Crippen molar-refractivity contribution in [1.82, 2.24) is 9.80 Å². The SMILES string of the molecule is COCCN(C)C[C@@H]1CN(C(=O)c2ccc(F)cc2)C[C@@H]1CO. The van der Waals surface area contributed by atoms with Crippen molar-refractivity contribution in [2.75, 3.05) is 53.6 Å². The highest BCUT2D eigenvalue weighted by molar-refractivity contribution is 5.94. The molecule has 1 aromatic carbocycles. The fourth-order valence-corrected chi connectivity index (χ4v) is 3.03. The van der Waals surface area contributed by atoms with Gasteiger partial charge in [0.1, 0.15) is 5.82 Å². The van der Waals surface area contributed by atoms with Gasteiger partial charge in [0.2, 0.25) is 0 Å². The van der Waals surface area contributed by atoms with E-state index in [-0.39, 0.29) is 30.2 Å². The van der Waals surface area contributed by atoms with Crippen LogP contribution in [-0.4, -0.2) is 74.4 Å². The van der Waals surface area contributed by atoms with Crippen molar-refractivity contribution in [3.8, 4) is 0 Å². The smallest absolute Gasteiger partial charge is 0.253 e. The van der Waals surface area contributed by atoms with Gasteiger partial charge in [-0.05, 0) is 37.2 Å². The monoisotopic (exact) mass is 324 g/mol. The van der Waals surface area contributed by atoms with Gasteiger partial charge in [0, 0.05) is 51.4 Å². The number of ether oxygens (including phenoxy) is 1. The maximum Gasteiger partial charge on any atom is 0.253 e. The minimum atomic E-state index is -0.353. The molecule has 0 aliphatic carbocycles. The van der Waals surface area contributed by atoms with E-state index in [2.05, 4.69) is 4.90 Å². The van der Waals surface area contributed by atoms with Crippen LogP contribution in [0.4, 0.5) is 4.39 Å². The van der Waals surface area contributed by atoms with E-state index in [0.717, 1.165) is 13.1 Å². The predicted octanol–water partition coefficient (Wildman–Crippen LogP) is 1.08. The second kappa shape index (κ2) is 8.38. The molecule has 0 unspecified atom stereocenters. The number of benzene rings is 1. The van der Waals surface area contributed by atoms with Crippen molar-refractivity contribution in [3.05, 3.63) is 35.6 Å². The first-order chi connectivity index (χ1) is 11.0. The molecule has 0 radical (unpaired) electrons. The van der Waals surface area contributed by atoms with Crippen LogP contribution in [0.5, 0.6) is 0 Å². The van der Waals surface area contributed by atoms with Gasteiger partial charge >= 0.3 is 0 Å². The van der Waals surface area contributed by atoms with Crippen molar-refractivity contribution in [3.63, 3.8) is 0 Å². The van der Waals surface area contributed by atoms with Gasteiger partial charge in [-0.1, -0.05) is 0 Å². The van der Waals surface area contributed by atoms with E-state index in [4.69, 9.17) is 4.74 Å². The van der Waals surface area contributed by atoms with Gasteiger partial charge in [-0.2, -0.15) is 0 Å². The van der Waals surface area contributed by atoms with Crippen molar-refractivity contribution < 1.29 is 19.0 Å². The zero-order valence-electron chi connectivity index (χ0n) is 13.7. The molecular formula is C17H25FN2O3. The van der Waals surface area contributed by atoms with E-state index in [9.17, 15) is 14.3 Å². The Morgan fingerprint density at radius 3 is 2.61 bits per heavy atom. The molecule has 1 aliphatic heterocycles. The molecule has 1 fully saturated rings. The number of hydrogen-bond donors (Lipinski definition) is 1. The summed E-state index contributed by atoms with van der Waals surface area (Å²) in [6.07, 6.45) is 0. The van der Waals surface area contributed by atoms with E-state index in [1.807, 2.05) is 7.05 Å². The van der Waals surface area contributed by atoms with Crippen molar-refractivity contribution >= 4 is 5.91 Å². The Bertz CT molecular complexity index is 509. The number of halogens is 1. The van der Waals surface area contributed by atoms with Crippen LogP contribution in [0.2, 0.25) is 0 Å². The molecule has 23 heavy (non-hydrogen) atoms. The Morgan fingerprint density at radius 1 is 1.35 bits per heavy atom. The number of hydrogen-bond acceptors (Lipinski definition) is 4. The van der Waals surface area contributed by atoms with Gasteiger partial charge in [-0.3, -0.25) is 4.79 Å². The molecule has 1 saturated heterocycles. The Hall–Kier alpha value is -1.50. The molecule has 0 bridgehead atoms. The van der Waals surface area contributed by atoms with Crippen LogP contribution in [-0.2, 0) is 4.74 Å². The molecule has 5 nitrogen and oxygen atoms in total. The highest BCUT2D eigenvalue weighted by Gasteiger charge is 2.35. The number of methoxy groups -OCH3 is 1. The van der Waals surface area contributed by atoms with E-state index < -0.39 is 0 Å². The van der Waals surface area contributed by atoms with Crippen LogP contribution >= 0.6 is 0 Å². The Labute approximate surface area is 136 Å². The zero-order valence-corrected chi connectivity index (χ0v) is 13.7. The lowest BCUT2D eigenvalue weighted by molar-refractivity contribution is 0.0778. The van der Waals surface area contributed by atoms with E-state index in [1.165, 1.54) is 24.3 Å². The largest absolute Gasteiger partial charge is 0.396 e. The fraction of sp³-hybridized carbons (Fsp3) is 0.588. The zero-order chi connectivity index (χ0) is 16.8. The van der Waals surface area contributed by atoms with Gasteiger partial charge in [-0.25, -0.2) is 4.39 Å². The molecule has 128 valence electrons. The molecule has 1 N–H and O–H groups in total. The first-order valence-electron chi connectivity index (χ1n) is 7.88. The molecule has 0 aromatic heterocycles. The molecule has 6 heteroatoms. The third kappa shape index (κ3) is 4.73. The lowest BCUT2D eigenvalue weighted by Gasteiger charge is -2.23. The molecule has 1 aromatic rings. The fourth-order valence-electron chi connectivity index (χ4n) is 3.03. The van der Waals surface area contributed by atoms with Gasteiger partial charge in [0.25, 0.3) is 5.91 Å². The summed E-state index contributed by atoms with van der Waals surface area (Å²) in [4.78, 5) is 16.4. The maximum absolute atomic E-state index is 13.0. The van der Waals surface area contributed by atoms with Gasteiger partial charge in [0.05, 0.1) is 6.61 Å². The lowest BCUT2D eigenvalue weighted by Crippen LogP contribution is -2.33. The predicted molar refractivity (Wildman–Crippen MR) is 85.7 cm³/mol.